The smallest absolute Gasteiger partial charge is 0.260 e. The number of para-hydroxylation sites is 2. The van der Waals surface area contributed by atoms with E-state index < -0.39 is 0 Å². The van der Waals surface area contributed by atoms with Crippen LogP contribution in [-0.2, 0) is 14.4 Å². The third kappa shape index (κ3) is 5.14. The molecule has 2 aromatic rings. The maximum absolute atomic E-state index is 13.0. The lowest BCUT2D eigenvalue weighted by atomic mass is 10.1. The summed E-state index contributed by atoms with van der Waals surface area (Å²) in [6.07, 6.45) is 0.185. The Bertz CT molecular complexity index is 934. The highest BCUT2D eigenvalue weighted by molar-refractivity contribution is 9.10. The largest absolute Gasteiger partial charge is 0.484 e. The van der Waals surface area contributed by atoms with Crippen LogP contribution in [0.5, 0.6) is 5.75 Å². The molecule has 1 atom stereocenters. The molecule has 0 aliphatic carbocycles. The highest BCUT2D eigenvalue weighted by Crippen LogP contribution is 2.31. The molecule has 0 spiro atoms. The number of carbonyl (C=O) groups is 3. The van der Waals surface area contributed by atoms with E-state index in [0.29, 0.717) is 17.1 Å². The van der Waals surface area contributed by atoms with Crippen LogP contribution in [0.4, 0.5) is 11.4 Å². The number of halogens is 1. The summed E-state index contributed by atoms with van der Waals surface area (Å²) in [5.74, 6) is -0.165. The third-order valence-corrected chi connectivity index (χ3v) is 5.08. The van der Waals surface area contributed by atoms with Gasteiger partial charge in [0.25, 0.3) is 5.91 Å². The van der Waals surface area contributed by atoms with Crippen molar-refractivity contribution in [3.05, 3.63) is 53.0 Å². The van der Waals surface area contributed by atoms with Crippen molar-refractivity contribution in [2.45, 2.75) is 19.4 Å². The first kappa shape index (κ1) is 20.9. The van der Waals surface area contributed by atoms with Gasteiger partial charge in [0, 0.05) is 24.0 Å². The van der Waals surface area contributed by atoms with E-state index in [0.717, 1.165) is 4.47 Å². The van der Waals surface area contributed by atoms with E-state index in [4.69, 9.17) is 4.74 Å². The fourth-order valence-corrected chi connectivity index (χ4v) is 3.53. The Balaban J connectivity index is 1.66. The molecule has 0 saturated heterocycles. The molecule has 1 aliphatic rings. The number of nitrogens with zero attached hydrogens (tertiary/aromatic N) is 2. The predicted octanol–water partition coefficient (Wildman–Crippen LogP) is 3.05. The van der Waals surface area contributed by atoms with E-state index >= 15 is 0 Å². The Morgan fingerprint density at radius 3 is 2.76 bits per heavy atom. The lowest BCUT2D eigenvalue weighted by Gasteiger charge is -2.29. The number of hydrogen-bond donors (Lipinski definition) is 1. The van der Waals surface area contributed by atoms with Crippen LogP contribution in [0.15, 0.2) is 53.0 Å². The van der Waals surface area contributed by atoms with Gasteiger partial charge in [-0.05, 0) is 37.3 Å². The Morgan fingerprint density at radius 1 is 1.24 bits per heavy atom. The van der Waals surface area contributed by atoms with Crippen molar-refractivity contribution in [3.8, 4) is 5.75 Å². The van der Waals surface area contributed by atoms with Crippen LogP contribution >= 0.6 is 15.9 Å². The van der Waals surface area contributed by atoms with E-state index in [2.05, 4.69) is 21.2 Å². The Labute approximate surface area is 177 Å². The quantitative estimate of drug-likeness (QED) is 0.744. The number of amides is 3. The monoisotopic (exact) mass is 459 g/mol. The number of nitrogens with one attached hydrogen (secondary N) is 1. The van der Waals surface area contributed by atoms with Crippen molar-refractivity contribution < 1.29 is 19.1 Å². The van der Waals surface area contributed by atoms with Gasteiger partial charge in [0.05, 0.1) is 17.9 Å². The second-order valence-corrected chi connectivity index (χ2v) is 7.79. The van der Waals surface area contributed by atoms with E-state index in [1.807, 2.05) is 25.1 Å². The van der Waals surface area contributed by atoms with Gasteiger partial charge in [-0.15, -0.1) is 0 Å². The van der Waals surface area contributed by atoms with Gasteiger partial charge in [-0.1, -0.05) is 34.1 Å². The van der Waals surface area contributed by atoms with E-state index in [1.165, 1.54) is 4.90 Å². The predicted molar refractivity (Wildman–Crippen MR) is 114 cm³/mol. The molecule has 0 fully saturated rings. The second-order valence-electron chi connectivity index (χ2n) is 6.88. The number of benzene rings is 2. The molecule has 1 aliphatic heterocycles. The highest BCUT2D eigenvalue weighted by Gasteiger charge is 2.30. The van der Waals surface area contributed by atoms with Crippen LogP contribution < -0.4 is 15.0 Å². The van der Waals surface area contributed by atoms with E-state index in [9.17, 15) is 14.4 Å². The SMILES string of the molecule is CC1CC(=O)Nc2ccccc2N1C(=O)CN(C)C(=O)COc1cccc(Br)c1. The van der Waals surface area contributed by atoms with Crippen LogP contribution in [0, 0.1) is 0 Å². The number of likely N-dealkylation sites (N-methyl/N-ethyl adjacent to an activating group) is 1. The molecule has 7 nitrogen and oxygen atoms in total. The second kappa shape index (κ2) is 9.09. The van der Waals surface area contributed by atoms with Crippen LogP contribution in [0.3, 0.4) is 0 Å². The summed E-state index contributed by atoms with van der Waals surface area (Å²) < 4.78 is 6.36. The fraction of sp³-hybridized carbons (Fsp3) is 0.286. The lowest BCUT2D eigenvalue weighted by Crippen LogP contribution is -2.46. The Morgan fingerprint density at radius 2 is 2.00 bits per heavy atom. The summed E-state index contributed by atoms with van der Waals surface area (Å²) in [7, 11) is 1.56. The summed E-state index contributed by atoms with van der Waals surface area (Å²) in [6.45, 7) is 1.53. The van der Waals surface area contributed by atoms with Crippen molar-refractivity contribution in [1.82, 2.24) is 4.90 Å². The van der Waals surface area contributed by atoms with Gasteiger partial charge in [-0.3, -0.25) is 14.4 Å². The highest BCUT2D eigenvalue weighted by atomic mass is 79.9. The molecule has 1 N–H and O–H groups in total. The molecule has 1 unspecified atom stereocenters. The molecule has 0 saturated carbocycles. The van der Waals surface area contributed by atoms with Crippen molar-refractivity contribution in [2.75, 3.05) is 30.4 Å². The minimum atomic E-state index is -0.326. The van der Waals surface area contributed by atoms with Gasteiger partial charge in [0.1, 0.15) is 5.75 Å². The number of rotatable bonds is 5. The van der Waals surface area contributed by atoms with Crippen LogP contribution in [0.25, 0.3) is 0 Å². The summed E-state index contributed by atoms with van der Waals surface area (Å²) in [5.41, 5.74) is 1.21. The number of fused-ring (bicyclic) bond motifs is 1. The molecule has 0 bridgehead atoms. The summed E-state index contributed by atoms with van der Waals surface area (Å²) >= 11 is 3.35. The zero-order valence-corrected chi connectivity index (χ0v) is 17.8. The van der Waals surface area contributed by atoms with Gasteiger partial charge in [-0.2, -0.15) is 0 Å². The molecule has 1 heterocycles. The number of anilines is 2. The van der Waals surface area contributed by atoms with E-state index in [-0.39, 0.29) is 43.3 Å². The molecule has 152 valence electrons. The van der Waals surface area contributed by atoms with Crippen LogP contribution in [0.1, 0.15) is 13.3 Å². The molecular formula is C21H22BrN3O4. The average Bonchev–Trinajstić information content (AvgIpc) is 2.80. The average molecular weight is 460 g/mol. The molecule has 3 amide bonds. The van der Waals surface area contributed by atoms with Gasteiger partial charge in [0.2, 0.25) is 11.8 Å². The summed E-state index contributed by atoms with van der Waals surface area (Å²) in [6, 6.07) is 14.0. The standard InChI is InChI=1S/C21H22BrN3O4/c1-14-10-19(26)23-17-8-3-4-9-18(17)25(14)20(27)12-24(2)21(28)13-29-16-7-5-6-15(22)11-16/h3-9,11,14H,10,12-13H2,1-2H3,(H,23,26). The normalized spacial score (nSPS) is 15.8. The first-order valence-corrected chi connectivity index (χ1v) is 9.97. The molecule has 8 heteroatoms. The maximum Gasteiger partial charge on any atom is 0.260 e. The Kier molecular flexibility index (Phi) is 6.53. The van der Waals surface area contributed by atoms with Crippen molar-refractivity contribution in [1.29, 1.82) is 0 Å². The molecule has 3 rings (SSSR count). The summed E-state index contributed by atoms with van der Waals surface area (Å²) in [4.78, 5) is 40.4. The van der Waals surface area contributed by atoms with Gasteiger partial charge in [-0.25, -0.2) is 0 Å². The zero-order valence-electron chi connectivity index (χ0n) is 16.2. The van der Waals surface area contributed by atoms with Gasteiger partial charge >= 0.3 is 0 Å². The number of carbonyl (C=O) groups excluding carboxylic acids is 3. The molecule has 0 aromatic heterocycles. The molecule has 0 radical (unpaired) electrons. The fourth-order valence-electron chi connectivity index (χ4n) is 3.15. The van der Waals surface area contributed by atoms with Crippen molar-refractivity contribution in [3.63, 3.8) is 0 Å². The number of ether oxygens (including phenoxy) is 1. The molecular weight excluding hydrogens is 438 g/mol. The number of hydrogen-bond acceptors (Lipinski definition) is 4. The third-order valence-electron chi connectivity index (χ3n) is 4.58. The topological polar surface area (TPSA) is 79.0 Å². The van der Waals surface area contributed by atoms with Gasteiger partial charge < -0.3 is 19.9 Å². The molecule has 29 heavy (non-hydrogen) atoms. The van der Waals surface area contributed by atoms with Crippen LogP contribution in [-0.4, -0.2) is 48.9 Å². The maximum atomic E-state index is 13.0. The van der Waals surface area contributed by atoms with Gasteiger partial charge in [0.15, 0.2) is 6.61 Å². The lowest BCUT2D eigenvalue weighted by molar-refractivity contribution is -0.135. The van der Waals surface area contributed by atoms with E-state index in [1.54, 1.807) is 42.3 Å². The Hall–Kier alpha value is -2.87. The first-order valence-electron chi connectivity index (χ1n) is 9.18. The summed E-state index contributed by atoms with van der Waals surface area (Å²) in [5, 5.41) is 2.82. The first-order chi connectivity index (χ1) is 13.8. The van der Waals surface area contributed by atoms with Crippen molar-refractivity contribution >= 4 is 45.0 Å². The zero-order chi connectivity index (χ0) is 21.0. The molecule has 2 aromatic carbocycles. The minimum absolute atomic E-state index is 0.118. The van der Waals surface area contributed by atoms with Crippen LogP contribution in [0.2, 0.25) is 0 Å². The van der Waals surface area contributed by atoms with Crippen molar-refractivity contribution in [2.24, 2.45) is 0 Å². The minimum Gasteiger partial charge on any atom is -0.484 e.